The van der Waals surface area contributed by atoms with E-state index in [1.807, 2.05) is 6.92 Å². The monoisotopic (exact) mass is 420 g/mol. The fraction of sp³-hybridized carbons (Fsp3) is 0.316. The van der Waals surface area contributed by atoms with E-state index < -0.39 is 0 Å². The molecule has 1 aromatic carbocycles. The molecular formula is C19H18Cl2N4OS. The highest BCUT2D eigenvalue weighted by molar-refractivity contribution is 7.11. The number of aryl methyl sites for hydroxylation is 1. The number of hydrogen-bond acceptors (Lipinski definition) is 5. The van der Waals surface area contributed by atoms with Crippen LogP contribution in [0.25, 0.3) is 5.70 Å². The van der Waals surface area contributed by atoms with Crippen LogP contribution in [-0.4, -0.2) is 41.1 Å². The summed E-state index contributed by atoms with van der Waals surface area (Å²) in [5.74, 6) is -0.107. The van der Waals surface area contributed by atoms with Crippen LogP contribution in [-0.2, 0) is 6.42 Å². The molecular weight excluding hydrogens is 403 g/mol. The van der Waals surface area contributed by atoms with Gasteiger partial charge >= 0.3 is 0 Å². The number of amides is 1. The summed E-state index contributed by atoms with van der Waals surface area (Å²) in [6.45, 7) is 3.72. The Kier molecular flexibility index (Phi) is 4.97. The molecule has 0 bridgehead atoms. The molecule has 5 nitrogen and oxygen atoms in total. The van der Waals surface area contributed by atoms with Crippen LogP contribution < -0.4 is 5.32 Å². The summed E-state index contributed by atoms with van der Waals surface area (Å²) in [6.07, 6.45) is 1.46. The Morgan fingerprint density at radius 2 is 2.11 bits per heavy atom. The Balaban J connectivity index is 1.67. The number of likely N-dealkylation sites (tertiary alicyclic amines) is 1. The molecule has 2 aromatic rings. The van der Waals surface area contributed by atoms with Crippen LogP contribution in [0.5, 0.6) is 0 Å². The molecule has 2 aliphatic heterocycles. The third-order valence-electron chi connectivity index (χ3n) is 4.80. The lowest BCUT2D eigenvalue weighted by molar-refractivity contribution is 0.0770. The Morgan fingerprint density at radius 3 is 2.89 bits per heavy atom. The van der Waals surface area contributed by atoms with Crippen molar-refractivity contribution in [3.05, 3.63) is 55.0 Å². The maximum atomic E-state index is 12.9. The number of fused-ring (bicyclic) bond motifs is 1. The van der Waals surface area contributed by atoms with Crippen LogP contribution in [0.2, 0.25) is 10.0 Å². The lowest BCUT2D eigenvalue weighted by Crippen LogP contribution is -2.41. The summed E-state index contributed by atoms with van der Waals surface area (Å²) >= 11 is 13.7. The zero-order valence-electron chi connectivity index (χ0n) is 14.7. The van der Waals surface area contributed by atoms with E-state index >= 15 is 0 Å². The zero-order chi connectivity index (χ0) is 19.1. The molecule has 2 aliphatic rings. The van der Waals surface area contributed by atoms with Gasteiger partial charge in [0.2, 0.25) is 0 Å². The van der Waals surface area contributed by atoms with Gasteiger partial charge in [-0.2, -0.15) is 0 Å². The van der Waals surface area contributed by atoms with Crippen molar-refractivity contribution in [1.82, 2.24) is 15.2 Å². The number of piperidine rings is 1. The number of aromatic nitrogens is 1. The summed E-state index contributed by atoms with van der Waals surface area (Å²) in [6, 6.07) is 4.92. The van der Waals surface area contributed by atoms with Gasteiger partial charge in [-0.25, -0.2) is 4.98 Å². The van der Waals surface area contributed by atoms with E-state index in [1.165, 1.54) is 4.88 Å². The van der Waals surface area contributed by atoms with Crippen molar-refractivity contribution in [1.29, 1.82) is 5.41 Å². The zero-order valence-corrected chi connectivity index (χ0v) is 17.1. The van der Waals surface area contributed by atoms with Gasteiger partial charge in [-0.05, 0) is 25.1 Å². The van der Waals surface area contributed by atoms with Crippen LogP contribution in [0, 0.1) is 12.3 Å². The average molecular weight is 421 g/mol. The minimum Gasteiger partial charge on any atom is -0.383 e. The van der Waals surface area contributed by atoms with Crippen molar-refractivity contribution in [2.45, 2.75) is 19.8 Å². The van der Waals surface area contributed by atoms with Crippen molar-refractivity contribution in [3.63, 3.8) is 0 Å². The number of thiazole rings is 1. The summed E-state index contributed by atoms with van der Waals surface area (Å²) in [7, 11) is 0. The Hall–Kier alpha value is -1.89. The van der Waals surface area contributed by atoms with Crippen molar-refractivity contribution in [3.8, 4) is 0 Å². The maximum absolute atomic E-state index is 12.9. The highest BCUT2D eigenvalue weighted by Crippen LogP contribution is 2.31. The predicted molar refractivity (Wildman–Crippen MR) is 110 cm³/mol. The minimum atomic E-state index is -0.107. The number of halogens is 2. The Morgan fingerprint density at radius 1 is 1.30 bits per heavy atom. The number of rotatable bonds is 1. The molecule has 0 atom stereocenters. The van der Waals surface area contributed by atoms with E-state index in [4.69, 9.17) is 28.6 Å². The van der Waals surface area contributed by atoms with E-state index in [0.717, 1.165) is 34.9 Å². The molecule has 0 spiro atoms. The Labute approximate surface area is 171 Å². The third kappa shape index (κ3) is 3.49. The quantitative estimate of drug-likeness (QED) is 0.726. The molecule has 1 amide bonds. The summed E-state index contributed by atoms with van der Waals surface area (Å²) < 4.78 is 0. The molecule has 1 aromatic heterocycles. The smallest absolute Gasteiger partial charge is 0.254 e. The largest absolute Gasteiger partial charge is 0.383 e. The van der Waals surface area contributed by atoms with E-state index in [9.17, 15) is 4.79 Å². The van der Waals surface area contributed by atoms with Gasteiger partial charge in [0.25, 0.3) is 5.91 Å². The maximum Gasteiger partial charge on any atom is 0.254 e. The number of hydrogen-bond donors (Lipinski definition) is 2. The molecule has 0 unspecified atom stereocenters. The van der Waals surface area contributed by atoms with Crippen molar-refractivity contribution in [2.75, 3.05) is 19.6 Å². The van der Waals surface area contributed by atoms with Crippen LogP contribution >= 0.6 is 34.5 Å². The predicted octanol–water partition coefficient (Wildman–Crippen LogP) is 4.18. The van der Waals surface area contributed by atoms with Gasteiger partial charge in [-0.3, -0.25) is 4.79 Å². The average Bonchev–Trinajstić information content (AvgIpc) is 3.04. The molecule has 1 saturated heterocycles. The van der Waals surface area contributed by atoms with Gasteiger partial charge in [0.05, 0.1) is 20.7 Å². The molecule has 0 saturated carbocycles. The summed E-state index contributed by atoms with van der Waals surface area (Å²) in [5, 5.41) is 13.7. The number of carbonyl (C=O) groups excluding carboxylic acids is 1. The van der Waals surface area contributed by atoms with Gasteiger partial charge in [0.15, 0.2) is 0 Å². The van der Waals surface area contributed by atoms with Crippen LogP contribution in [0.1, 0.15) is 32.4 Å². The second-order valence-electron chi connectivity index (χ2n) is 6.62. The number of nitrogens with one attached hydrogen (secondary N) is 2. The fourth-order valence-electron chi connectivity index (χ4n) is 3.45. The second-order valence-corrected chi connectivity index (χ2v) is 8.72. The van der Waals surface area contributed by atoms with Gasteiger partial charge in [0.1, 0.15) is 5.69 Å². The number of benzene rings is 1. The molecule has 0 radical (unpaired) electrons. The first-order valence-corrected chi connectivity index (χ1v) is 10.3. The normalized spacial score (nSPS) is 19.7. The molecule has 140 valence electrons. The first-order chi connectivity index (χ1) is 12.9. The van der Waals surface area contributed by atoms with Crippen molar-refractivity contribution < 1.29 is 4.79 Å². The third-order valence-corrected chi connectivity index (χ3v) is 6.57. The first-order valence-electron chi connectivity index (χ1n) is 8.70. The molecule has 3 heterocycles. The topological polar surface area (TPSA) is 69.1 Å². The van der Waals surface area contributed by atoms with Crippen LogP contribution in [0.15, 0.2) is 23.8 Å². The molecule has 4 rings (SSSR count). The molecule has 8 heteroatoms. The van der Waals surface area contributed by atoms with Crippen molar-refractivity contribution in [2.24, 2.45) is 0 Å². The lowest BCUT2D eigenvalue weighted by atomic mass is 9.96. The highest BCUT2D eigenvalue weighted by Gasteiger charge is 2.29. The van der Waals surface area contributed by atoms with Crippen LogP contribution in [0.4, 0.5) is 0 Å². The molecule has 27 heavy (non-hydrogen) atoms. The number of carbonyl (C=O) groups is 1. The van der Waals surface area contributed by atoms with E-state index in [0.29, 0.717) is 40.8 Å². The van der Waals surface area contributed by atoms with Crippen molar-refractivity contribution >= 4 is 51.9 Å². The van der Waals surface area contributed by atoms with Crippen LogP contribution in [0.3, 0.4) is 0 Å². The molecule has 1 fully saturated rings. The number of nitrogens with zero attached hydrogens (tertiary/aromatic N) is 2. The highest BCUT2D eigenvalue weighted by atomic mass is 35.5. The minimum absolute atomic E-state index is 0.107. The SMILES string of the molecule is Cc1nc2c(s1)CCN/C2=C1/CN(C(=O)c2ccc(Cl)c(Cl)c2)CCC1=N. The lowest BCUT2D eigenvalue weighted by Gasteiger charge is -2.32. The van der Waals surface area contributed by atoms with Gasteiger partial charge in [-0.1, -0.05) is 23.2 Å². The van der Waals surface area contributed by atoms with Gasteiger partial charge in [0, 0.05) is 54.2 Å². The van der Waals surface area contributed by atoms with E-state index in [-0.39, 0.29) is 5.91 Å². The first kappa shape index (κ1) is 18.5. The molecule has 2 N–H and O–H groups in total. The summed E-state index contributed by atoms with van der Waals surface area (Å²) in [5.41, 5.74) is 3.75. The Bertz CT molecular complexity index is 982. The standard InChI is InChI=1S/C19H18Cl2N4OS/c1-10-24-18-16(27-10)4-6-23-17(18)12-9-25(7-5-15(12)22)19(26)11-2-3-13(20)14(21)8-11/h2-3,8,22-23H,4-7,9H2,1H3/b17-12-,22-15?. The fourth-order valence-corrected chi connectivity index (χ4v) is 4.69. The van der Waals surface area contributed by atoms with Gasteiger partial charge in [-0.15, -0.1) is 11.3 Å². The van der Waals surface area contributed by atoms with E-state index in [1.54, 1.807) is 34.4 Å². The van der Waals surface area contributed by atoms with E-state index in [2.05, 4.69) is 10.3 Å². The van der Waals surface area contributed by atoms with Gasteiger partial charge < -0.3 is 15.6 Å². The second kappa shape index (κ2) is 7.26. The summed E-state index contributed by atoms with van der Waals surface area (Å²) in [4.78, 5) is 20.6. The molecule has 0 aliphatic carbocycles.